The minimum atomic E-state index is -1.35. The van der Waals surface area contributed by atoms with Crippen LogP contribution in [0.25, 0.3) is 0 Å². The van der Waals surface area contributed by atoms with Gasteiger partial charge in [0.1, 0.15) is 11.0 Å². The molecule has 68 valence electrons. The minimum Gasteiger partial charge on any atom is -0.248 e. The first-order valence-corrected chi connectivity index (χ1v) is 5.40. The van der Waals surface area contributed by atoms with E-state index in [0.29, 0.717) is 11.8 Å². The quantitative estimate of drug-likeness (QED) is 0.672. The van der Waals surface area contributed by atoms with Gasteiger partial charge in [0.2, 0.25) is 0 Å². The van der Waals surface area contributed by atoms with Gasteiger partial charge in [0.05, 0.1) is 4.91 Å². The molecule has 3 heteroatoms. The van der Waals surface area contributed by atoms with Crippen molar-refractivity contribution in [1.82, 2.24) is 0 Å². The molecular formula is C10H11NOS. The van der Waals surface area contributed by atoms with Crippen LogP contribution >= 0.6 is 0 Å². The fourth-order valence-corrected chi connectivity index (χ4v) is 2.09. The van der Waals surface area contributed by atoms with Crippen molar-refractivity contribution in [3.63, 3.8) is 0 Å². The summed E-state index contributed by atoms with van der Waals surface area (Å²) in [5.41, 5.74) is 0. The van der Waals surface area contributed by atoms with Crippen LogP contribution < -0.4 is 5.14 Å². The van der Waals surface area contributed by atoms with Crippen LogP contribution in [0.1, 0.15) is 0 Å². The second-order valence-electron chi connectivity index (χ2n) is 3.15. The predicted molar refractivity (Wildman–Crippen MR) is 54.8 cm³/mol. The van der Waals surface area contributed by atoms with Crippen molar-refractivity contribution in [2.75, 3.05) is 0 Å². The Morgan fingerprint density at radius 1 is 1.15 bits per heavy atom. The highest BCUT2D eigenvalue weighted by molar-refractivity contribution is 7.86. The molecule has 0 aromatic carbocycles. The van der Waals surface area contributed by atoms with E-state index in [9.17, 15) is 4.21 Å². The molecule has 0 aliphatic heterocycles. The van der Waals surface area contributed by atoms with Crippen LogP contribution in [-0.2, 0) is 11.0 Å². The van der Waals surface area contributed by atoms with Crippen LogP contribution in [0.4, 0.5) is 0 Å². The Kier molecular flexibility index (Phi) is 2.29. The highest BCUT2D eigenvalue weighted by Gasteiger charge is 2.18. The first-order chi connectivity index (χ1) is 6.27. The van der Waals surface area contributed by atoms with Gasteiger partial charge < -0.3 is 0 Å². The summed E-state index contributed by atoms with van der Waals surface area (Å²) >= 11 is 0. The summed E-state index contributed by atoms with van der Waals surface area (Å²) in [6.45, 7) is 0. The van der Waals surface area contributed by atoms with Crippen LogP contribution in [0.15, 0.2) is 47.4 Å². The molecule has 13 heavy (non-hydrogen) atoms. The molecule has 0 heterocycles. The lowest BCUT2D eigenvalue weighted by atomic mass is 9.85. The number of hydrogen-bond donors (Lipinski definition) is 1. The molecule has 0 fully saturated rings. The van der Waals surface area contributed by atoms with Crippen LogP contribution in [-0.4, -0.2) is 4.21 Å². The van der Waals surface area contributed by atoms with Crippen molar-refractivity contribution in [3.8, 4) is 0 Å². The summed E-state index contributed by atoms with van der Waals surface area (Å²) in [6.07, 6.45) is 14.1. The second kappa shape index (κ2) is 3.44. The number of fused-ring (bicyclic) bond motifs is 1. The summed E-state index contributed by atoms with van der Waals surface area (Å²) in [5, 5.41) is 5.30. The van der Waals surface area contributed by atoms with E-state index in [1.54, 1.807) is 0 Å². The summed E-state index contributed by atoms with van der Waals surface area (Å²) in [6, 6.07) is 0. The normalized spacial score (nSPS) is 32.5. The standard InChI is InChI=1S/C10H11NOS/c11-13(12)10-6-5-8-3-1-2-4-9(8)7-10/h1-9H,11H2. The first kappa shape index (κ1) is 8.66. The van der Waals surface area contributed by atoms with Crippen molar-refractivity contribution >= 4 is 11.0 Å². The van der Waals surface area contributed by atoms with E-state index in [1.807, 2.05) is 30.4 Å². The predicted octanol–water partition coefficient (Wildman–Crippen LogP) is 1.42. The lowest BCUT2D eigenvalue weighted by molar-refractivity contribution is 0.655. The van der Waals surface area contributed by atoms with E-state index in [2.05, 4.69) is 12.2 Å². The molecule has 2 rings (SSSR count). The number of nitrogens with two attached hydrogens (primary N) is 1. The van der Waals surface area contributed by atoms with Crippen LogP contribution in [0.5, 0.6) is 0 Å². The summed E-state index contributed by atoms with van der Waals surface area (Å²) in [7, 11) is -1.35. The third kappa shape index (κ3) is 1.71. The molecule has 0 aromatic heterocycles. The Balaban J connectivity index is 2.27. The molecular weight excluding hydrogens is 182 g/mol. The van der Waals surface area contributed by atoms with Gasteiger partial charge in [0, 0.05) is 11.8 Å². The molecule has 0 spiro atoms. The van der Waals surface area contributed by atoms with Crippen molar-refractivity contribution < 1.29 is 4.21 Å². The van der Waals surface area contributed by atoms with Gasteiger partial charge in [-0.2, -0.15) is 0 Å². The Bertz CT molecular complexity index is 352. The average Bonchev–Trinajstić information content (AvgIpc) is 2.17. The molecule has 0 radical (unpaired) electrons. The third-order valence-electron chi connectivity index (χ3n) is 2.29. The minimum absolute atomic E-state index is 0.331. The fourth-order valence-electron chi connectivity index (χ4n) is 1.59. The van der Waals surface area contributed by atoms with Crippen molar-refractivity contribution in [1.29, 1.82) is 0 Å². The molecule has 2 nitrogen and oxygen atoms in total. The van der Waals surface area contributed by atoms with Crippen LogP contribution in [0.2, 0.25) is 0 Å². The van der Waals surface area contributed by atoms with Gasteiger partial charge in [0.15, 0.2) is 0 Å². The molecule has 0 saturated carbocycles. The van der Waals surface area contributed by atoms with Crippen LogP contribution in [0, 0.1) is 11.8 Å². The molecule has 3 unspecified atom stereocenters. The maximum Gasteiger partial charge on any atom is 0.121 e. The maximum absolute atomic E-state index is 11.0. The highest BCUT2D eigenvalue weighted by atomic mass is 32.2. The van der Waals surface area contributed by atoms with E-state index in [4.69, 9.17) is 5.14 Å². The Morgan fingerprint density at radius 2 is 1.85 bits per heavy atom. The van der Waals surface area contributed by atoms with E-state index >= 15 is 0 Å². The molecule has 2 aliphatic rings. The van der Waals surface area contributed by atoms with Crippen molar-refractivity contribution in [2.45, 2.75) is 0 Å². The van der Waals surface area contributed by atoms with E-state index < -0.39 is 11.0 Å². The number of rotatable bonds is 1. The average molecular weight is 193 g/mol. The summed E-state index contributed by atoms with van der Waals surface area (Å²) in [5.74, 6) is 0.745. The van der Waals surface area contributed by atoms with Gasteiger partial charge >= 0.3 is 0 Å². The smallest absolute Gasteiger partial charge is 0.121 e. The van der Waals surface area contributed by atoms with Gasteiger partial charge in [-0.1, -0.05) is 36.5 Å². The monoisotopic (exact) mass is 193 g/mol. The second-order valence-corrected chi connectivity index (χ2v) is 4.22. The van der Waals surface area contributed by atoms with Crippen LogP contribution in [0.3, 0.4) is 0 Å². The van der Waals surface area contributed by atoms with Gasteiger partial charge in [-0.15, -0.1) is 0 Å². The zero-order valence-corrected chi connectivity index (χ0v) is 7.91. The van der Waals surface area contributed by atoms with Gasteiger partial charge in [0.25, 0.3) is 0 Å². The fraction of sp³-hybridized carbons (Fsp3) is 0.200. The topological polar surface area (TPSA) is 43.1 Å². The summed E-state index contributed by atoms with van der Waals surface area (Å²) in [4.78, 5) is 0.723. The number of hydrogen-bond acceptors (Lipinski definition) is 1. The summed E-state index contributed by atoms with van der Waals surface area (Å²) < 4.78 is 11.0. The lowest BCUT2D eigenvalue weighted by Crippen LogP contribution is -2.15. The Hall–Kier alpha value is -0.930. The molecule has 3 atom stereocenters. The molecule has 2 aliphatic carbocycles. The zero-order valence-electron chi connectivity index (χ0n) is 7.09. The van der Waals surface area contributed by atoms with Gasteiger partial charge in [-0.3, -0.25) is 0 Å². The van der Waals surface area contributed by atoms with E-state index in [0.717, 1.165) is 4.91 Å². The molecule has 0 amide bonds. The lowest BCUT2D eigenvalue weighted by Gasteiger charge is -2.21. The first-order valence-electron chi connectivity index (χ1n) is 4.18. The Labute approximate surface area is 80.1 Å². The van der Waals surface area contributed by atoms with Gasteiger partial charge in [-0.25, -0.2) is 9.35 Å². The molecule has 0 saturated heterocycles. The van der Waals surface area contributed by atoms with E-state index in [-0.39, 0.29) is 0 Å². The third-order valence-corrected chi connectivity index (χ3v) is 3.03. The van der Waals surface area contributed by atoms with Crippen molar-refractivity contribution in [2.24, 2.45) is 17.0 Å². The maximum atomic E-state index is 11.0. The van der Waals surface area contributed by atoms with Crippen molar-refractivity contribution in [3.05, 3.63) is 47.4 Å². The molecule has 2 N–H and O–H groups in total. The zero-order chi connectivity index (χ0) is 9.26. The molecule has 0 bridgehead atoms. The highest BCUT2D eigenvalue weighted by Crippen LogP contribution is 2.28. The Morgan fingerprint density at radius 3 is 2.54 bits per heavy atom. The largest absolute Gasteiger partial charge is 0.248 e. The van der Waals surface area contributed by atoms with E-state index in [1.165, 1.54) is 0 Å². The van der Waals surface area contributed by atoms with Gasteiger partial charge in [-0.05, 0) is 6.08 Å². The number of allylic oxidation sites excluding steroid dienone is 7. The molecule has 0 aromatic rings. The SMILES string of the molecule is NS(=O)C1=CC2C=CC=CC2C=C1.